The lowest BCUT2D eigenvalue weighted by Crippen LogP contribution is -2.43. The number of piperidine rings is 1. The molecule has 112 valence electrons. The number of nitrogen functional groups attached to an aromatic ring is 1. The Bertz CT molecular complexity index is 433. The van der Waals surface area contributed by atoms with E-state index < -0.39 is 18.2 Å². The molecule has 0 aliphatic carbocycles. The molecule has 6 heteroatoms. The first-order valence-electron chi connectivity index (χ1n) is 6.69. The molecular weight excluding hydrogens is 269 g/mol. The fourth-order valence-corrected chi connectivity index (χ4v) is 2.56. The van der Waals surface area contributed by atoms with Gasteiger partial charge in [0.1, 0.15) is 0 Å². The summed E-state index contributed by atoms with van der Waals surface area (Å²) in [4.78, 5) is 1.68. The second kappa shape index (κ2) is 6.01. The molecule has 0 saturated carbocycles. The van der Waals surface area contributed by atoms with E-state index in [2.05, 4.69) is 0 Å². The van der Waals surface area contributed by atoms with E-state index in [1.807, 2.05) is 0 Å². The summed E-state index contributed by atoms with van der Waals surface area (Å²) in [5.74, 6) is -1.28. The number of hydrogen-bond donors (Lipinski definition) is 2. The number of aliphatic hydroxyl groups excluding tert-OH is 1. The molecule has 0 spiro atoms. The van der Waals surface area contributed by atoms with E-state index in [-0.39, 0.29) is 19.5 Å². The maximum atomic E-state index is 12.7. The SMILES string of the molecule is Nc1ccc(C(O)CN2CCCC(C(F)(F)F)C2)cc1. The van der Waals surface area contributed by atoms with Crippen LogP contribution in [0.5, 0.6) is 0 Å². The standard InChI is InChI=1S/C14H19F3N2O/c15-14(16,17)11-2-1-7-19(8-11)9-13(20)10-3-5-12(18)6-4-10/h3-6,11,13,20H,1-2,7-9,18H2. The number of anilines is 1. The highest BCUT2D eigenvalue weighted by Gasteiger charge is 2.41. The highest BCUT2D eigenvalue weighted by molar-refractivity contribution is 5.39. The largest absolute Gasteiger partial charge is 0.399 e. The number of alkyl halides is 3. The van der Waals surface area contributed by atoms with Crippen molar-refractivity contribution in [3.05, 3.63) is 29.8 Å². The van der Waals surface area contributed by atoms with Crippen molar-refractivity contribution in [1.82, 2.24) is 4.90 Å². The van der Waals surface area contributed by atoms with E-state index in [9.17, 15) is 18.3 Å². The van der Waals surface area contributed by atoms with Gasteiger partial charge in [-0.3, -0.25) is 4.90 Å². The molecule has 1 aromatic carbocycles. The summed E-state index contributed by atoms with van der Waals surface area (Å²) in [7, 11) is 0. The van der Waals surface area contributed by atoms with Crippen LogP contribution in [0.2, 0.25) is 0 Å². The van der Waals surface area contributed by atoms with E-state index >= 15 is 0 Å². The zero-order chi connectivity index (χ0) is 14.8. The number of aliphatic hydroxyl groups is 1. The number of β-amino-alcohol motifs (C(OH)–C–C–N with tert-alkyl or cyclic N) is 1. The van der Waals surface area contributed by atoms with Crippen molar-refractivity contribution in [2.24, 2.45) is 5.92 Å². The second-order valence-electron chi connectivity index (χ2n) is 5.32. The molecular formula is C14H19F3N2O. The average Bonchev–Trinajstić information content (AvgIpc) is 2.38. The highest BCUT2D eigenvalue weighted by atomic mass is 19.4. The third kappa shape index (κ3) is 3.86. The number of likely N-dealkylation sites (tertiary alicyclic amines) is 1. The van der Waals surface area contributed by atoms with Crippen LogP contribution in [-0.4, -0.2) is 35.8 Å². The van der Waals surface area contributed by atoms with Crippen LogP contribution in [0, 0.1) is 5.92 Å². The zero-order valence-corrected chi connectivity index (χ0v) is 11.1. The van der Waals surface area contributed by atoms with Gasteiger partial charge in [-0.05, 0) is 37.1 Å². The molecule has 1 aliphatic rings. The molecule has 1 aromatic rings. The van der Waals surface area contributed by atoms with Gasteiger partial charge in [-0.15, -0.1) is 0 Å². The summed E-state index contributed by atoms with van der Waals surface area (Å²) in [6, 6.07) is 6.75. The Kier molecular flexibility index (Phi) is 4.55. The molecule has 2 rings (SSSR count). The fourth-order valence-electron chi connectivity index (χ4n) is 2.56. The van der Waals surface area contributed by atoms with Gasteiger partial charge in [-0.1, -0.05) is 12.1 Å². The molecule has 1 heterocycles. The molecule has 1 fully saturated rings. The predicted molar refractivity (Wildman–Crippen MR) is 71.0 cm³/mol. The third-order valence-electron chi connectivity index (χ3n) is 3.72. The van der Waals surface area contributed by atoms with Crippen molar-refractivity contribution in [3.8, 4) is 0 Å². The minimum atomic E-state index is -4.15. The normalized spacial score (nSPS) is 22.7. The first kappa shape index (κ1) is 15.1. The van der Waals surface area contributed by atoms with Crippen molar-refractivity contribution in [2.75, 3.05) is 25.4 Å². The first-order chi connectivity index (χ1) is 9.36. The molecule has 0 bridgehead atoms. The van der Waals surface area contributed by atoms with E-state index in [4.69, 9.17) is 5.73 Å². The summed E-state index contributed by atoms with van der Waals surface area (Å²) in [5.41, 5.74) is 6.83. The summed E-state index contributed by atoms with van der Waals surface area (Å²) in [5, 5.41) is 10.1. The second-order valence-corrected chi connectivity index (χ2v) is 5.32. The van der Waals surface area contributed by atoms with E-state index in [1.54, 1.807) is 29.2 Å². The summed E-state index contributed by atoms with van der Waals surface area (Å²) in [6.45, 7) is 0.782. The third-order valence-corrected chi connectivity index (χ3v) is 3.72. The molecule has 2 atom stereocenters. The molecule has 0 amide bonds. The van der Waals surface area contributed by atoms with Crippen LogP contribution in [0.25, 0.3) is 0 Å². The van der Waals surface area contributed by atoms with Crippen molar-refractivity contribution >= 4 is 5.69 Å². The summed E-state index contributed by atoms with van der Waals surface area (Å²) in [6.07, 6.45) is -4.25. The molecule has 2 unspecified atom stereocenters. The van der Waals surface area contributed by atoms with E-state index in [0.29, 0.717) is 24.2 Å². The van der Waals surface area contributed by atoms with Crippen LogP contribution < -0.4 is 5.73 Å². The Balaban J connectivity index is 1.94. The Morgan fingerprint density at radius 3 is 2.55 bits per heavy atom. The van der Waals surface area contributed by atoms with Crippen molar-refractivity contribution in [1.29, 1.82) is 0 Å². The maximum Gasteiger partial charge on any atom is 0.393 e. The van der Waals surface area contributed by atoms with Crippen LogP contribution in [0.4, 0.5) is 18.9 Å². The first-order valence-corrected chi connectivity index (χ1v) is 6.69. The Labute approximate surface area is 116 Å². The van der Waals surface area contributed by atoms with Crippen molar-refractivity contribution in [3.63, 3.8) is 0 Å². The average molecular weight is 288 g/mol. The lowest BCUT2D eigenvalue weighted by molar-refractivity contribution is -0.187. The van der Waals surface area contributed by atoms with Crippen LogP contribution in [0.3, 0.4) is 0 Å². The van der Waals surface area contributed by atoms with Crippen molar-refractivity contribution in [2.45, 2.75) is 25.1 Å². The Morgan fingerprint density at radius 1 is 1.30 bits per heavy atom. The predicted octanol–water partition coefficient (Wildman–Crippen LogP) is 2.58. The van der Waals surface area contributed by atoms with Gasteiger partial charge in [0.05, 0.1) is 12.0 Å². The summed E-state index contributed by atoms with van der Waals surface area (Å²) >= 11 is 0. The zero-order valence-electron chi connectivity index (χ0n) is 11.1. The number of halogens is 3. The Morgan fingerprint density at radius 2 is 1.95 bits per heavy atom. The van der Waals surface area contributed by atoms with Gasteiger partial charge >= 0.3 is 6.18 Å². The van der Waals surface area contributed by atoms with Gasteiger partial charge in [0.15, 0.2) is 0 Å². The fraction of sp³-hybridized carbons (Fsp3) is 0.571. The van der Waals surface area contributed by atoms with Crippen LogP contribution in [0.1, 0.15) is 24.5 Å². The Hall–Kier alpha value is -1.27. The van der Waals surface area contributed by atoms with Crippen LogP contribution >= 0.6 is 0 Å². The minimum absolute atomic E-state index is 0.0322. The maximum absolute atomic E-state index is 12.7. The van der Waals surface area contributed by atoms with Gasteiger partial charge in [0, 0.05) is 18.8 Å². The van der Waals surface area contributed by atoms with Gasteiger partial charge in [0.25, 0.3) is 0 Å². The molecule has 20 heavy (non-hydrogen) atoms. The van der Waals surface area contributed by atoms with Gasteiger partial charge in [-0.25, -0.2) is 0 Å². The van der Waals surface area contributed by atoms with Gasteiger partial charge in [-0.2, -0.15) is 13.2 Å². The monoisotopic (exact) mass is 288 g/mol. The van der Waals surface area contributed by atoms with Crippen LogP contribution in [0.15, 0.2) is 24.3 Å². The van der Waals surface area contributed by atoms with E-state index in [1.165, 1.54) is 0 Å². The molecule has 3 nitrogen and oxygen atoms in total. The van der Waals surface area contributed by atoms with E-state index in [0.717, 1.165) is 0 Å². The molecule has 1 saturated heterocycles. The minimum Gasteiger partial charge on any atom is -0.399 e. The van der Waals surface area contributed by atoms with Gasteiger partial charge in [0.2, 0.25) is 0 Å². The highest BCUT2D eigenvalue weighted by Crippen LogP contribution is 2.33. The van der Waals surface area contributed by atoms with Crippen LogP contribution in [-0.2, 0) is 0 Å². The lowest BCUT2D eigenvalue weighted by Gasteiger charge is -2.34. The smallest absolute Gasteiger partial charge is 0.393 e. The number of benzene rings is 1. The summed E-state index contributed by atoms with van der Waals surface area (Å²) < 4.78 is 38.1. The van der Waals surface area contributed by atoms with Crippen molar-refractivity contribution < 1.29 is 18.3 Å². The number of hydrogen-bond acceptors (Lipinski definition) is 3. The molecule has 0 radical (unpaired) electrons. The topological polar surface area (TPSA) is 49.5 Å². The quantitative estimate of drug-likeness (QED) is 0.841. The number of nitrogens with two attached hydrogens (primary N) is 1. The molecule has 0 aromatic heterocycles. The number of rotatable bonds is 3. The lowest BCUT2D eigenvalue weighted by atomic mass is 9.97. The number of nitrogens with zero attached hydrogens (tertiary/aromatic N) is 1. The van der Waals surface area contributed by atoms with Gasteiger partial charge < -0.3 is 10.8 Å². The molecule has 1 aliphatic heterocycles. The molecule has 3 N–H and O–H groups in total.